The summed E-state index contributed by atoms with van der Waals surface area (Å²) in [7, 11) is -0.762. The molecule has 0 fully saturated rings. The van der Waals surface area contributed by atoms with Crippen LogP contribution in [-0.2, 0) is 10.8 Å². The number of benzene rings is 1. The van der Waals surface area contributed by atoms with Gasteiger partial charge in [-0.05, 0) is 24.6 Å². The molecule has 0 spiro atoms. The van der Waals surface area contributed by atoms with Gasteiger partial charge in [-0.2, -0.15) is 5.26 Å². The SMILES string of the molecule is CS(=O)CCCOc1cccc(C#N)c1. The second kappa shape index (κ2) is 6.20. The first-order valence-electron chi connectivity index (χ1n) is 4.65. The topological polar surface area (TPSA) is 50.1 Å². The fourth-order valence-corrected chi connectivity index (χ4v) is 1.63. The molecule has 0 aliphatic heterocycles. The minimum Gasteiger partial charge on any atom is -0.494 e. The first kappa shape index (κ1) is 11.7. The molecule has 0 aromatic heterocycles. The molecule has 15 heavy (non-hydrogen) atoms. The minimum atomic E-state index is -0.762. The van der Waals surface area contributed by atoms with Crippen LogP contribution < -0.4 is 4.74 Å². The third kappa shape index (κ3) is 4.61. The van der Waals surface area contributed by atoms with Crippen LogP contribution in [0.3, 0.4) is 0 Å². The molecule has 4 heteroatoms. The Kier molecular flexibility index (Phi) is 4.85. The van der Waals surface area contributed by atoms with E-state index in [0.29, 0.717) is 23.7 Å². The highest BCUT2D eigenvalue weighted by molar-refractivity contribution is 7.84. The highest BCUT2D eigenvalue weighted by atomic mass is 32.2. The van der Waals surface area contributed by atoms with Gasteiger partial charge in [-0.25, -0.2) is 0 Å². The van der Waals surface area contributed by atoms with Crippen LogP contribution >= 0.6 is 0 Å². The van der Waals surface area contributed by atoms with Crippen molar-refractivity contribution >= 4 is 10.8 Å². The largest absolute Gasteiger partial charge is 0.494 e. The fraction of sp³-hybridized carbons (Fsp3) is 0.364. The Labute approximate surface area is 92.1 Å². The predicted octanol–water partition coefficient (Wildman–Crippen LogP) is 1.71. The molecule has 80 valence electrons. The van der Waals surface area contributed by atoms with Crippen molar-refractivity contribution in [1.29, 1.82) is 5.26 Å². The van der Waals surface area contributed by atoms with Crippen LogP contribution in [0, 0.1) is 11.3 Å². The minimum absolute atomic E-state index is 0.536. The highest BCUT2D eigenvalue weighted by Gasteiger charge is 1.96. The van der Waals surface area contributed by atoms with Crippen molar-refractivity contribution in [2.24, 2.45) is 0 Å². The van der Waals surface area contributed by atoms with Crippen LogP contribution in [0.2, 0.25) is 0 Å². The summed E-state index contributed by atoms with van der Waals surface area (Å²) in [6.45, 7) is 0.536. The zero-order valence-corrected chi connectivity index (χ0v) is 9.42. The van der Waals surface area contributed by atoms with Gasteiger partial charge in [0.2, 0.25) is 0 Å². The molecule has 0 aliphatic carbocycles. The Hall–Kier alpha value is -1.34. The van der Waals surface area contributed by atoms with Crippen LogP contribution in [0.15, 0.2) is 24.3 Å². The third-order valence-corrected chi connectivity index (χ3v) is 2.67. The van der Waals surface area contributed by atoms with Crippen LogP contribution in [0.5, 0.6) is 5.75 Å². The summed E-state index contributed by atoms with van der Waals surface area (Å²) in [4.78, 5) is 0. The predicted molar refractivity (Wildman–Crippen MR) is 60.2 cm³/mol. The van der Waals surface area contributed by atoms with Gasteiger partial charge >= 0.3 is 0 Å². The number of ether oxygens (including phenoxy) is 1. The van der Waals surface area contributed by atoms with Crippen molar-refractivity contribution in [3.05, 3.63) is 29.8 Å². The van der Waals surface area contributed by atoms with Crippen molar-refractivity contribution in [3.63, 3.8) is 0 Å². The molecule has 1 rings (SSSR count). The van der Waals surface area contributed by atoms with Crippen molar-refractivity contribution in [1.82, 2.24) is 0 Å². The smallest absolute Gasteiger partial charge is 0.120 e. The van der Waals surface area contributed by atoms with Gasteiger partial charge in [0.05, 0.1) is 18.2 Å². The standard InChI is InChI=1S/C11H13NO2S/c1-15(13)7-3-6-14-11-5-2-4-10(8-11)9-12/h2,4-5,8H,3,6-7H2,1H3. The molecule has 0 saturated carbocycles. The van der Waals surface area contributed by atoms with Gasteiger partial charge in [0.15, 0.2) is 0 Å². The van der Waals surface area contributed by atoms with E-state index >= 15 is 0 Å². The van der Waals surface area contributed by atoms with E-state index in [1.165, 1.54) is 0 Å². The summed E-state index contributed by atoms with van der Waals surface area (Å²) >= 11 is 0. The zero-order chi connectivity index (χ0) is 11.1. The Morgan fingerprint density at radius 2 is 2.33 bits per heavy atom. The lowest BCUT2D eigenvalue weighted by Gasteiger charge is -2.05. The van der Waals surface area contributed by atoms with E-state index in [1.54, 1.807) is 24.5 Å². The number of hydrogen-bond donors (Lipinski definition) is 0. The normalized spacial score (nSPS) is 11.7. The average molecular weight is 223 g/mol. The molecule has 0 saturated heterocycles. The van der Waals surface area contributed by atoms with E-state index in [2.05, 4.69) is 0 Å². The number of nitrogens with zero attached hydrogens (tertiary/aromatic N) is 1. The first-order valence-corrected chi connectivity index (χ1v) is 6.38. The molecule has 0 heterocycles. The molecular formula is C11H13NO2S. The maximum Gasteiger partial charge on any atom is 0.120 e. The first-order chi connectivity index (χ1) is 7.22. The maximum absolute atomic E-state index is 10.8. The molecule has 0 N–H and O–H groups in total. The van der Waals surface area contributed by atoms with Crippen molar-refractivity contribution in [3.8, 4) is 11.8 Å². The van der Waals surface area contributed by atoms with Gasteiger partial charge in [0.25, 0.3) is 0 Å². The van der Waals surface area contributed by atoms with E-state index < -0.39 is 10.8 Å². The number of nitriles is 1. The number of hydrogen-bond acceptors (Lipinski definition) is 3. The summed E-state index contributed by atoms with van der Waals surface area (Å²) in [5.41, 5.74) is 0.589. The highest BCUT2D eigenvalue weighted by Crippen LogP contribution is 2.12. The fourth-order valence-electron chi connectivity index (χ4n) is 1.11. The molecule has 1 unspecified atom stereocenters. The van der Waals surface area contributed by atoms with Crippen LogP contribution in [-0.4, -0.2) is 22.8 Å². The summed E-state index contributed by atoms with van der Waals surface area (Å²) in [6, 6.07) is 9.07. The summed E-state index contributed by atoms with van der Waals surface area (Å²) < 4.78 is 16.2. The van der Waals surface area contributed by atoms with Gasteiger partial charge in [-0.1, -0.05) is 6.07 Å². The molecule has 0 aliphatic rings. The van der Waals surface area contributed by atoms with Gasteiger partial charge in [-0.3, -0.25) is 4.21 Å². The van der Waals surface area contributed by atoms with E-state index in [0.717, 1.165) is 6.42 Å². The molecule has 1 aromatic rings. The zero-order valence-electron chi connectivity index (χ0n) is 8.60. The Balaban J connectivity index is 2.38. The second-order valence-corrected chi connectivity index (χ2v) is 4.67. The van der Waals surface area contributed by atoms with Crippen molar-refractivity contribution < 1.29 is 8.95 Å². The van der Waals surface area contributed by atoms with Crippen LogP contribution in [0.25, 0.3) is 0 Å². The van der Waals surface area contributed by atoms with Crippen molar-refractivity contribution in [2.45, 2.75) is 6.42 Å². The average Bonchev–Trinajstić information content (AvgIpc) is 2.24. The van der Waals surface area contributed by atoms with Gasteiger partial charge in [-0.15, -0.1) is 0 Å². The molecule has 3 nitrogen and oxygen atoms in total. The molecule has 0 radical (unpaired) electrons. The Morgan fingerprint density at radius 3 is 3.00 bits per heavy atom. The summed E-state index contributed by atoms with van der Waals surface area (Å²) in [5.74, 6) is 1.34. The van der Waals surface area contributed by atoms with Gasteiger partial charge < -0.3 is 4.74 Å². The summed E-state index contributed by atoms with van der Waals surface area (Å²) in [5, 5.41) is 8.66. The third-order valence-electron chi connectivity index (χ3n) is 1.81. The van der Waals surface area contributed by atoms with Gasteiger partial charge in [0.1, 0.15) is 5.75 Å². The lowest BCUT2D eigenvalue weighted by Crippen LogP contribution is -2.03. The van der Waals surface area contributed by atoms with Gasteiger partial charge in [0, 0.05) is 22.8 Å². The van der Waals surface area contributed by atoms with E-state index in [4.69, 9.17) is 10.00 Å². The number of rotatable bonds is 5. The lowest BCUT2D eigenvalue weighted by molar-refractivity contribution is 0.318. The molecule has 0 bridgehead atoms. The molecule has 0 amide bonds. The Morgan fingerprint density at radius 1 is 1.53 bits per heavy atom. The van der Waals surface area contributed by atoms with Crippen molar-refractivity contribution in [2.75, 3.05) is 18.6 Å². The van der Waals surface area contributed by atoms with Crippen LogP contribution in [0.1, 0.15) is 12.0 Å². The van der Waals surface area contributed by atoms with Crippen LogP contribution in [0.4, 0.5) is 0 Å². The summed E-state index contributed by atoms with van der Waals surface area (Å²) in [6.07, 6.45) is 2.44. The maximum atomic E-state index is 10.8. The molecule has 1 atom stereocenters. The van der Waals surface area contributed by atoms with E-state index in [-0.39, 0.29) is 0 Å². The lowest BCUT2D eigenvalue weighted by atomic mass is 10.2. The molecule has 1 aromatic carbocycles. The monoisotopic (exact) mass is 223 g/mol. The van der Waals surface area contributed by atoms with E-state index in [1.807, 2.05) is 12.1 Å². The quantitative estimate of drug-likeness (QED) is 0.714. The second-order valence-electron chi connectivity index (χ2n) is 3.12. The molecular weight excluding hydrogens is 210 g/mol. The van der Waals surface area contributed by atoms with E-state index in [9.17, 15) is 4.21 Å². The Bertz CT molecular complexity index is 384.